The lowest BCUT2D eigenvalue weighted by Crippen LogP contribution is -1.95. The maximum Gasteiger partial charge on any atom is 0.269 e. The minimum absolute atomic E-state index is 0.241. The number of sulfonamides is 1. The quantitative estimate of drug-likeness (QED) is 0.256. The second-order valence-electron chi connectivity index (χ2n) is 2.40. The van der Waals surface area contributed by atoms with E-state index in [0.29, 0.717) is 0 Å². The Morgan fingerprint density at radius 3 is 2.27 bits per heavy atom. The highest BCUT2D eigenvalue weighted by Crippen LogP contribution is 2.17. The third-order valence-electron chi connectivity index (χ3n) is 1.49. The van der Waals surface area contributed by atoms with Gasteiger partial charge in [0.15, 0.2) is 0 Å². The van der Waals surface area contributed by atoms with Gasteiger partial charge in [0.25, 0.3) is 15.7 Å². The molecule has 1 aromatic carbocycles. The van der Waals surface area contributed by atoms with Gasteiger partial charge in [0.1, 0.15) is 0 Å². The predicted molar refractivity (Wildman–Crippen MR) is 49.4 cm³/mol. The fraction of sp³-hybridized carbons (Fsp3) is 0. The lowest BCUT2D eigenvalue weighted by atomic mass is 10.3. The van der Waals surface area contributed by atoms with E-state index in [2.05, 4.69) is 9.43 Å². The molecule has 0 bridgehead atoms. The molecule has 15 heavy (non-hydrogen) atoms. The minimum Gasteiger partial charge on any atom is -0.258 e. The van der Waals surface area contributed by atoms with Gasteiger partial charge in [-0.3, -0.25) is 10.1 Å². The van der Waals surface area contributed by atoms with E-state index in [9.17, 15) is 18.5 Å². The van der Waals surface area contributed by atoms with Gasteiger partial charge in [-0.1, -0.05) is 0 Å². The average molecular weight is 228 g/mol. The van der Waals surface area contributed by atoms with Crippen molar-refractivity contribution in [2.75, 3.05) is 0 Å². The number of rotatable bonds is 3. The van der Waals surface area contributed by atoms with Crippen LogP contribution in [-0.2, 0) is 10.0 Å². The van der Waals surface area contributed by atoms with Crippen molar-refractivity contribution in [1.29, 1.82) is 0 Å². The van der Waals surface area contributed by atoms with Crippen LogP contribution in [0.5, 0.6) is 0 Å². The summed E-state index contributed by atoms with van der Waals surface area (Å²) in [6, 6.07) is 4.03. The van der Waals surface area contributed by atoms with Crippen LogP contribution in [0.25, 0.3) is 10.4 Å². The molecule has 1 aromatic rings. The predicted octanol–water partition coefficient (Wildman–Crippen LogP) is 1.59. The highest BCUT2D eigenvalue weighted by atomic mass is 32.2. The highest BCUT2D eigenvalue weighted by molar-refractivity contribution is 7.90. The molecule has 0 aliphatic carbocycles. The van der Waals surface area contributed by atoms with E-state index in [0.717, 1.165) is 24.3 Å². The monoisotopic (exact) mass is 228 g/mol. The van der Waals surface area contributed by atoms with Gasteiger partial charge in [0.2, 0.25) is 0 Å². The van der Waals surface area contributed by atoms with Gasteiger partial charge in [0.05, 0.1) is 9.82 Å². The molecular weight excluding hydrogens is 224 g/mol. The zero-order valence-corrected chi connectivity index (χ0v) is 7.96. The van der Waals surface area contributed by atoms with Crippen molar-refractivity contribution in [2.45, 2.75) is 4.90 Å². The van der Waals surface area contributed by atoms with Gasteiger partial charge in [-0.15, -0.1) is 0 Å². The van der Waals surface area contributed by atoms with Crippen molar-refractivity contribution < 1.29 is 13.3 Å². The summed E-state index contributed by atoms with van der Waals surface area (Å²) in [5.41, 5.74) is 7.74. The van der Waals surface area contributed by atoms with Crippen molar-refractivity contribution in [3.05, 3.63) is 44.8 Å². The van der Waals surface area contributed by atoms with Gasteiger partial charge in [-0.25, -0.2) is 8.42 Å². The van der Waals surface area contributed by atoms with E-state index in [1.54, 1.807) is 0 Å². The van der Waals surface area contributed by atoms with E-state index < -0.39 is 14.9 Å². The number of nitrogens with zero attached hydrogens (tertiary/aromatic N) is 4. The van der Waals surface area contributed by atoms with Crippen LogP contribution in [-0.4, -0.2) is 13.3 Å². The van der Waals surface area contributed by atoms with Crippen LogP contribution < -0.4 is 0 Å². The fourth-order valence-corrected chi connectivity index (χ4v) is 1.51. The molecule has 0 spiro atoms. The van der Waals surface area contributed by atoms with E-state index >= 15 is 0 Å². The summed E-state index contributed by atoms with van der Waals surface area (Å²) in [5.74, 6) is 0. The van der Waals surface area contributed by atoms with Gasteiger partial charge >= 0.3 is 0 Å². The molecule has 0 N–H and O–H groups in total. The number of nitro groups is 1. The Kier molecular flexibility index (Phi) is 2.88. The highest BCUT2D eigenvalue weighted by Gasteiger charge is 2.13. The van der Waals surface area contributed by atoms with Gasteiger partial charge in [0, 0.05) is 21.6 Å². The van der Waals surface area contributed by atoms with Gasteiger partial charge in [-0.2, -0.15) is 0 Å². The Balaban J connectivity index is 3.21. The molecule has 0 aromatic heterocycles. The van der Waals surface area contributed by atoms with Crippen LogP contribution >= 0.6 is 0 Å². The maximum atomic E-state index is 11.1. The normalized spacial score (nSPS) is 10.4. The summed E-state index contributed by atoms with van der Waals surface area (Å²) in [5, 5.41) is 10.3. The number of hydrogen-bond donors (Lipinski definition) is 0. The summed E-state index contributed by atoms with van der Waals surface area (Å²) in [6.07, 6.45) is 0. The van der Waals surface area contributed by atoms with E-state index in [4.69, 9.17) is 5.53 Å². The summed E-state index contributed by atoms with van der Waals surface area (Å²) < 4.78 is 24.8. The first-order valence-corrected chi connectivity index (χ1v) is 4.97. The van der Waals surface area contributed by atoms with Crippen molar-refractivity contribution in [3.8, 4) is 0 Å². The third-order valence-corrected chi connectivity index (χ3v) is 2.65. The molecule has 0 amide bonds. The molecule has 78 valence electrons. The maximum absolute atomic E-state index is 11.1. The first-order valence-electron chi connectivity index (χ1n) is 3.53. The first-order chi connectivity index (χ1) is 6.97. The van der Waals surface area contributed by atoms with Gasteiger partial charge < -0.3 is 0 Å². The molecule has 1 rings (SSSR count). The van der Waals surface area contributed by atoms with Crippen LogP contribution in [0.4, 0.5) is 5.69 Å². The second-order valence-corrected chi connectivity index (χ2v) is 3.98. The Bertz CT molecular complexity index is 529. The molecule has 0 fully saturated rings. The van der Waals surface area contributed by atoms with Crippen LogP contribution in [0.3, 0.4) is 0 Å². The summed E-state index contributed by atoms with van der Waals surface area (Å²) in [7, 11) is -4.07. The number of hydrogen-bond acceptors (Lipinski definition) is 4. The lowest BCUT2D eigenvalue weighted by molar-refractivity contribution is -0.384. The zero-order valence-electron chi connectivity index (χ0n) is 7.14. The SMILES string of the molecule is [N-]=[N+]=NS(=O)(=O)c1ccc([N+](=O)[O-])cc1. The second kappa shape index (κ2) is 3.95. The van der Waals surface area contributed by atoms with Crippen LogP contribution in [0.2, 0.25) is 0 Å². The van der Waals surface area contributed by atoms with Crippen molar-refractivity contribution in [3.63, 3.8) is 0 Å². The molecule has 0 aliphatic rings. The Hall–Kier alpha value is -2.12. The van der Waals surface area contributed by atoms with Crippen LogP contribution in [0.1, 0.15) is 0 Å². The molecular formula is C6H4N4O4S. The van der Waals surface area contributed by atoms with Gasteiger partial charge in [-0.05, 0) is 17.7 Å². The molecule has 0 unspecified atom stereocenters. The topological polar surface area (TPSA) is 126 Å². The minimum atomic E-state index is -4.07. The molecule has 0 radical (unpaired) electrons. The summed E-state index contributed by atoms with van der Waals surface area (Å²) in [6.45, 7) is 0. The van der Waals surface area contributed by atoms with Crippen LogP contribution in [0, 0.1) is 10.1 Å². The smallest absolute Gasteiger partial charge is 0.258 e. The molecule has 0 heterocycles. The van der Waals surface area contributed by atoms with E-state index in [1.165, 1.54) is 0 Å². The summed E-state index contributed by atoms with van der Waals surface area (Å²) in [4.78, 5) is 11.5. The largest absolute Gasteiger partial charge is 0.269 e. The number of benzene rings is 1. The van der Waals surface area contributed by atoms with Crippen LogP contribution in [0.15, 0.2) is 33.7 Å². The Morgan fingerprint density at radius 1 is 1.33 bits per heavy atom. The molecule has 0 saturated carbocycles. The summed E-state index contributed by atoms with van der Waals surface area (Å²) >= 11 is 0. The number of nitro benzene ring substituents is 1. The molecule has 8 nitrogen and oxygen atoms in total. The molecule has 0 atom stereocenters. The third kappa shape index (κ3) is 2.42. The van der Waals surface area contributed by atoms with E-state index in [1.807, 2.05) is 0 Å². The zero-order chi connectivity index (χ0) is 11.5. The van der Waals surface area contributed by atoms with E-state index in [-0.39, 0.29) is 10.6 Å². The molecule has 9 heteroatoms. The Morgan fingerprint density at radius 2 is 1.87 bits per heavy atom. The average Bonchev–Trinajstić information content (AvgIpc) is 2.18. The lowest BCUT2D eigenvalue weighted by Gasteiger charge is -1.95. The van der Waals surface area contributed by atoms with Crippen molar-refractivity contribution in [1.82, 2.24) is 0 Å². The van der Waals surface area contributed by atoms with Crippen molar-refractivity contribution in [2.24, 2.45) is 4.52 Å². The molecule has 0 aliphatic heterocycles. The standard InChI is InChI=1S/C6H4N4O4S/c7-8-9-15(13,14)6-3-1-5(2-4-6)10(11)12/h1-4H. The first kappa shape index (κ1) is 11.0. The Labute approximate surface area is 84.0 Å². The molecule has 0 saturated heterocycles. The fourth-order valence-electron chi connectivity index (χ4n) is 0.835. The number of non-ortho nitro benzene ring substituents is 1. The van der Waals surface area contributed by atoms with Crippen molar-refractivity contribution >= 4 is 15.7 Å². The number of azide groups is 1.